The Hall–Kier alpha value is -1.31. The van der Waals surface area contributed by atoms with Gasteiger partial charge in [0.05, 0.1) is 5.69 Å². The largest absolute Gasteiger partial charge is 0.450 e. The third-order valence-electron chi connectivity index (χ3n) is 2.76. The maximum absolute atomic E-state index is 12.7. The zero-order chi connectivity index (χ0) is 14.8. The van der Waals surface area contributed by atoms with Gasteiger partial charge < -0.3 is 9.52 Å². The second kappa shape index (κ2) is 5.99. The van der Waals surface area contributed by atoms with Crippen LogP contribution in [0.25, 0.3) is 0 Å². The average molecular weight is 360 g/mol. The molecule has 1 N–H and O–H groups in total. The van der Waals surface area contributed by atoms with E-state index in [0.717, 1.165) is 0 Å². The number of nitrogens with zero attached hydrogens (tertiary/aromatic N) is 1. The van der Waals surface area contributed by atoms with Crippen LogP contribution in [-0.2, 0) is 16.6 Å². The van der Waals surface area contributed by atoms with E-state index >= 15 is 0 Å². The van der Waals surface area contributed by atoms with E-state index in [1.165, 1.54) is 10.4 Å². The number of halogens is 1. The van der Waals surface area contributed by atoms with Gasteiger partial charge in [-0.1, -0.05) is 18.2 Å². The molecule has 1 aromatic heterocycles. The summed E-state index contributed by atoms with van der Waals surface area (Å²) in [6.45, 7) is 1.69. The number of aliphatic hydroxyl groups is 1. The lowest BCUT2D eigenvalue weighted by molar-refractivity contribution is 0.245. The van der Waals surface area contributed by atoms with Gasteiger partial charge in [-0.05, 0) is 35.0 Å². The number of hydrogen-bond acceptors (Lipinski definition) is 4. The molecule has 7 heteroatoms. The lowest BCUT2D eigenvalue weighted by Crippen LogP contribution is -2.30. The van der Waals surface area contributed by atoms with Crippen molar-refractivity contribution in [3.8, 4) is 0 Å². The van der Waals surface area contributed by atoms with Crippen LogP contribution in [0.5, 0.6) is 0 Å². The van der Waals surface area contributed by atoms with Crippen molar-refractivity contribution in [3.63, 3.8) is 0 Å². The maximum Gasteiger partial charge on any atom is 0.268 e. The molecule has 2 aromatic rings. The summed E-state index contributed by atoms with van der Waals surface area (Å²) in [5.41, 5.74) is 0.577. The number of anilines is 1. The van der Waals surface area contributed by atoms with Crippen molar-refractivity contribution in [1.29, 1.82) is 0 Å². The zero-order valence-electron chi connectivity index (χ0n) is 10.8. The van der Waals surface area contributed by atoms with E-state index in [1.54, 1.807) is 31.2 Å². The molecule has 0 radical (unpaired) electrons. The Morgan fingerprint density at radius 1 is 1.30 bits per heavy atom. The lowest BCUT2D eigenvalue weighted by atomic mass is 10.3. The highest BCUT2D eigenvalue weighted by Gasteiger charge is 2.28. The Balaban J connectivity index is 2.49. The van der Waals surface area contributed by atoms with Gasteiger partial charge in [-0.3, -0.25) is 4.31 Å². The van der Waals surface area contributed by atoms with E-state index in [0.29, 0.717) is 12.2 Å². The van der Waals surface area contributed by atoms with Gasteiger partial charge in [-0.2, -0.15) is 0 Å². The molecule has 108 valence electrons. The van der Waals surface area contributed by atoms with Gasteiger partial charge >= 0.3 is 0 Å². The first-order valence-corrected chi connectivity index (χ1v) is 8.21. The summed E-state index contributed by atoms with van der Waals surface area (Å²) in [5.74, 6) is 0.194. The Morgan fingerprint density at radius 2 is 1.95 bits per heavy atom. The van der Waals surface area contributed by atoms with E-state index in [1.807, 2.05) is 6.07 Å². The summed E-state index contributed by atoms with van der Waals surface area (Å²) in [4.78, 5) is 0.00672. The molecule has 0 aliphatic rings. The fourth-order valence-corrected chi connectivity index (χ4v) is 4.29. The van der Waals surface area contributed by atoms with Gasteiger partial charge in [0.1, 0.15) is 17.3 Å². The van der Waals surface area contributed by atoms with Gasteiger partial charge in [-0.25, -0.2) is 8.42 Å². The molecule has 0 saturated heterocycles. The second-order valence-corrected chi connectivity index (χ2v) is 6.57. The van der Waals surface area contributed by atoms with Crippen LogP contribution in [0.3, 0.4) is 0 Å². The molecular formula is C13H14BrNO4S. The van der Waals surface area contributed by atoms with Crippen molar-refractivity contribution in [2.45, 2.75) is 18.4 Å². The molecule has 1 aromatic carbocycles. The third kappa shape index (κ3) is 2.74. The topological polar surface area (TPSA) is 70.8 Å². The number of benzene rings is 1. The third-order valence-corrected chi connectivity index (χ3v) is 5.52. The Bertz CT molecular complexity index is 682. The fraction of sp³-hybridized carbons (Fsp3) is 0.231. The summed E-state index contributed by atoms with van der Waals surface area (Å²) in [6, 6.07) is 10.1. The second-order valence-electron chi connectivity index (χ2n) is 4.01. The number of furan rings is 1. The lowest BCUT2D eigenvalue weighted by Gasteiger charge is -2.22. The first-order chi connectivity index (χ1) is 9.50. The van der Waals surface area contributed by atoms with Gasteiger partial charge in [0.2, 0.25) is 0 Å². The Kier molecular flexibility index (Phi) is 4.52. The molecule has 0 fully saturated rings. The zero-order valence-corrected chi connectivity index (χ0v) is 13.2. The van der Waals surface area contributed by atoms with Crippen LogP contribution >= 0.6 is 15.9 Å². The van der Waals surface area contributed by atoms with E-state index < -0.39 is 10.0 Å². The van der Waals surface area contributed by atoms with Gasteiger partial charge in [0.25, 0.3) is 10.0 Å². The first-order valence-electron chi connectivity index (χ1n) is 5.97. The number of rotatable bonds is 5. The number of aliphatic hydroxyl groups excluding tert-OH is 1. The maximum atomic E-state index is 12.7. The van der Waals surface area contributed by atoms with Crippen LogP contribution in [0.1, 0.15) is 12.7 Å². The standard InChI is InChI=1S/C13H14BrNO4S/c1-2-15(10-6-4-3-5-7-10)20(17,18)12-8-11(9-16)19-13(12)14/h3-8,16H,2,9H2,1H3. The summed E-state index contributed by atoms with van der Waals surface area (Å²) in [5, 5.41) is 9.03. The molecule has 0 aliphatic carbocycles. The molecular weight excluding hydrogens is 346 g/mol. The SMILES string of the molecule is CCN(c1ccccc1)S(=O)(=O)c1cc(CO)oc1Br. The molecule has 5 nitrogen and oxygen atoms in total. The number of hydrogen-bond donors (Lipinski definition) is 1. The molecule has 20 heavy (non-hydrogen) atoms. The Morgan fingerprint density at radius 3 is 2.45 bits per heavy atom. The molecule has 1 heterocycles. The Labute approximate surface area is 126 Å². The quantitative estimate of drug-likeness (QED) is 0.890. The molecule has 0 bridgehead atoms. The van der Waals surface area contributed by atoms with E-state index in [-0.39, 0.29) is 21.9 Å². The van der Waals surface area contributed by atoms with Crippen LogP contribution in [-0.4, -0.2) is 20.1 Å². The summed E-state index contributed by atoms with van der Waals surface area (Å²) < 4.78 is 31.9. The number of sulfonamides is 1. The van der Waals surface area contributed by atoms with Crippen LogP contribution in [0.4, 0.5) is 5.69 Å². The number of para-hydroxylation sites is 1. The summed E-state index contributed by atoms with van der Waals surface area (Å²) >= 11 is 3.08. The van der Waals surface area contributed by atoms with Gasteiger partial charge in [0.15, 0.2) is 4.67 Å². The van der Waals surface area contributed by atoms with Crippen molar-refractivity contribution in [2.24, 2.45) is 0 Å². The highest BCUT2D eigenvalue weighted by atomic mass is 79.9. The van der Waals surface area contributed by atoms with Crippen LogP contribution in [0.2, 0.25) is 0 Å². The minimum Gasteiger partial charge on any atom is -0.450 e. The van der Waals surface area contributed by atoms with Crippen molar-refractivity contribution in [2.75, 3.05) is 10.8 Å². The molecule has 0 unspecified atom stereocenters. The first kappa shape index (κ1) is 15.1. The molecule has 0 aliphatic heterocycles. The fourth-order valence-electron chi connectivity index (χ4n) is 1.86. The average Bonchev–Trinajstić information content (AvgIpc) is 2.82. The van der Waals surface area contributed by atoms with Crippen molar-refractivity contribution in [1.82, 2.24) is 0 Å². The predicted molar refractivity (Wildman–Crippen MR) is 79.0 cm³/mol. The summed E-state index contributed by atoms with van der Waals surface area (Å²) in [7, 11) is -3.74. The van der Waals surface area contributed by atoms with E-state index in [4.69, 9.17) is 9.52 Å². The normalized spacial score (nSPS) is 11.6. The molecule has 0 atom stereocenters. The molecule has 0 spiro atoms. The van der Waals surface area contributed by atoms with E-state index in [2.05, 4.69) is 15.9 Å². The van der Waals surface area contributed by atoms with Gasteiger partial charge in [-0.15, -0.1) is 0 Å². The molecule has 0 saturated carbocycles. The summed E-state index contributed by atoms with van der Waals surface area (Å²) in [6.07, 6.45) is 0. The monoisotopic (exact) mass is 359 g/mol. The predicted octanol–water partition coefficient (Wildman–Crippen LogP) is 2.75. The highest BCUT2D eigenvalue weighted by molar-refractivity contribution is 9.10. The van der Waals surface area contributed by atoms with E-state index in [9.17, 15) is 8.42 Å². The van der Waals surface area contributed by atoms with Gasteiger partial charge in [0, 0.05) is 12.6 Å². The van der Waals surface area contributed by atoms with Crippen LogP contribution < -0.4 is 4.31 Å². The minimum absolute atomic E-state index is 0.00672. The van der Waals surface area contributed by atoms with Crippen molar-refractivity contribution >= 4 is 31.6 Å². The van der Waals surface area contributed by atoms with Crippen molar-refractivity contribution in [3.05, 3.63) is 46.8 Å². The molecule has 2 rings (SSSR count). The minimum atomic E-state index is -3.74. The van der Waals surface area contributed by atoms with Crippen molar-refractivity contribution < 1.29 is 17.9 Å². The smallest absolute Gasteiger partial charge is 0.268 e. The highest BCUT2D eigenvalue weighted by Crippen LogP contribution is 2.31. The van der Waals surface area contributed by atoms with Crippen LogP contribution in [0.15, 0.2) is 50.4 Å². The van der Waals surface area contributed by atoms with Crippen LogP contribution in [0, 0.1) is 0 Å². The molecule has 0 amide bonds.